The summed E-state index contributed by atoms with van der Waals surface area (Å²) in [6.07, 6.45) is 6.86. The zero-order valence-corrected chi connectivity index (χ0v) is 24.1. The maximum absolute atomic E-state index is 14.3. The predicted octanol–water partition coefficient (Wildman–Crippen LogP) is 5.36. The lowest BCUT2D eigenvalue weighted by Crippen LogP contribution is -2.48. The molecule has 3 rings (SSSR count). The van der Waals surface area contributed by atoms with Crippen LogP contribution in [0.3, 0.4) is 0 Å². The quantitative estimate of drug-likeness (QED) is 0.360. The van der Waals surface area contributed by atoms with E-state index in [0.717, 1.165) is 37.6 Å². The molecule has 202 valence electrons. The van der Waals surface area contributed by atoms with Crippen LogP contribution in [0.2, 0.25) is 0 Å². The highest BCUT2D eigenvalue weighted by Crippen LogP contribution is 2.26. The SMILES string of the molecule is Br.CCC[C@H](N[C@H]1CCc2cc(F)cc(F)c2C1)C(=O)Nc1cn(C(C)(C)CNCC(C)(C)C)cn1. The first-order valence-corrected chi connectivity index (χ1v) is 12.7. The van der Waals surface area contributed by atoms with Gasteiger partial charge in [-0.3, -0.25) is 4.79 Å². The number of rotatable bonds is 10. The second kappa shape index (κ2) is 12.6. The summed E-state index contributed by atoms with van der Waals surface area (Å²) in [5, 5.41) is 9.89. The third kappa shape index (κ3) is 8.35. The van der Waals surface area contributed by atoms with E-state index in [1.807, 2.05) is 17.7 Å². The molecule has 2 atom stereocenters. The average molecular weight is 571 g/mol. The van der Waals surface area contributed by atoms with Gasteiger partial charge in [-0.05, 0) is 62.1 Å². The van der Waals surface area contributed by atoms with Crippen molar-refractivity contribution >= 4 is 28.7 Å². The molecule has 1 aromatic carbocycles. The van der Waals surface area contributed by atoms with Crippen LogP contribution in [-0.4, -0.2) is 40.6 Å². The van der Waals surface area contributed by atoms with Gasteiger partial charge in [-0.2, -0.15) is 0 Å². The second-order valence-electron chi connectivity index (χ2n) is 11.6. The van der Waals surface area contributed by atoms with E-state index in [2.05, 4.69) is 55.6 Å². The maximum atomic E-state index is 14.3. The van der Waals surface area contributed by atoms with Crippen LogP contribution in [0.4, 0.5) is 14.6 Å². The molecule has 36 heavy (non-hydrogen) atoms. The number of carbonyl (C=O) groups is 1. The fraction of sp³-hybridized carbons (Fsp3) is 0.630. The number of hydrogen-bond acceptors (Lipinski definition) is 4. The Hall–Kier alpha value is -1.84. The van der Waals surface area contributed by atoms with Crippen molar-refractivity contribution < 1.29 is 13.6 Å². The van der Waals surface area contributed by atoms with Crippen molar-refractivity contribution in [3.63, 3.8) is 0 Å². The number of nitrogens with one attached hydrogen (secondary N) is 3. The van der Waals surface area contributed by atoms with Crippen molar-refractivity contribution in [2.24, 2.45) is 5.41 Å². The summed E-state index contributed by atoms with van der Waals surface area (Å²) in [5.74, 6) is -0.680. The molecule has 1 aromatic heterocycles. The molecular weight excluding hydrogens is 528 g/mol. The molecule has 1 amide bonds. The maximum Gasteiger partial charge on any atom is 0.242 e. The molecule has 0 radical (unpaired) electrons. The summed E-state index contributed by atoms with van der Waals surface area (Å²) in [6, 6.07) is 1.90. The molecule has 1 aliphatic rings. The minimum Gasteiger partial charge on any atom is -0.328 e. The van der Waals surface area contributed by atoms with Gasteiger partial charge in [-0.1, -0.05) is 34.1 Å². The summed E-state index contributed by atoms with van der Waals surface area (Å²) in [5.41, 5.74) is 1.27. The number of aryl methyl sites for hydroxylation is 1. The molecule has 6 nitrogen and oxygen atoms in total. The predicted molar refractivity (Wildman–Crippen MR) is 147 cm³/mol. The fourth-order valence-electron chi connectivity index (χ4n) is 4.56. The van der Waals surface area contributed by atoms with E-state index in [-0.39, 0.29) is 39.9 Å². The summed E-state index contributed by atoms with van der Waals surface area (Å²) in [6.45, 7) is 14.6. The van der Waals surface area contributed by atoms with Crippen molar-refractivity contribution in [2.45, 2.75) is 91.3 Å². The van der Waals surface area contributed by atoms with Gasteiger partial charge >= 0.3 is 0 Å². The normalized spacial score (nSPS) is 16.7. The summed E-state index contributed by atoms with van der Waals surface area (Å²) in [4.78, 5) is 17.5. The third-order valence-electron chi connectivity index (χ3n) is 6.54. The first-order chi connectivity index (χ1) is 16.4. The molecule has 3 N–H and O–H groups in total. The highest BCUT2D eigenvalue weighted by Gasteiger charge is 2.28. The minimum atomic E-state index is -0.538. The summed E-state index contributed by atoms with van der Waals surface area (Å²) >= 11 is 0. The van der Waals surface area contributed by atoms with Crippen molar-refractivity contribution in [2.75, 3.05) is 18.4 Å². The lowest BCUT2D eigenvalue weighted by Gasteiger charge is -2.30. The largest absolute Gasteiger partial charge is 0.328 e. The van der Waals surface area contributed by atoms with E-state index in [4.69, 9.17) is 0 Å². The Morgan fingerprint density at radius 1 is 1.19 bits per heavy atom. The second-order valence-corrected chi connectivity index (χ2v) is 11.6. The van der Waals surface area contributed by atoms with Crippen LogP contribution in [-0.2, 0) is 23.2 Å². The Morgan fingerprint density at radius 2 is 1.92 bits per heavy atom. The number of anilines is 1. The Morgan fingerprint density at radius 3 is 2.58 bits per heavy atom. The van der Waals surface area contributed by atoms with Crippen molar-refractivity contribution in [3.05, 3.63) is 47.4 Å². The minimum absolute atomic E-state index is 0. The number of aromatic nitrogens is 2. The molecule has 2 aromatic rings. The van der Waals surface area contributed by atoms with Gasteiger partial charge in [0, 0.05) is 31.4 Å². The van der Waals surface area contributed by atoms with Crippen molar-refractivity contribution in [3.8, 4) is 0 Å². The zero-order chi connectivity index (χ0) is 25.8. The molecule has 0 bridgehead atoms. The highest BCUT2D eigenvalue weighted by atomic mass is 79.9. The number of halogens is 3. The van der Waals surface area contributed by atoms with Gasteiger partial charge in [0.25, 0.3) is 0 Å². The molecule has 0 unspecified atom stereocenters. The van der Waals surface area contributed by atoms with E-state index < -0.39 is 17.7 Å². The van der Waals surface area contributed by atoms with Crippen LogP contribution in [0.1, 0.15) is 71.9 Å². The van der Waals surface area contributed by atoms with Crippen LogP contribution < -0.4 is 16.0 Å². The number of carbonyl (C=O) groups excluding carboxylic acids is 1. The number of imidazole rings is 1. The van der Waals surface area contributed by atoms with Crippen LogP contribution in [0.25, 0.3) is 0 Å². The van der Waals surface area contributed by atoms with Crippen LogP contribution in [0, 0.1) is 17.0 Å². The van der Waals surface area contributed by atoms with E-state index in [9.17, 15) is 13.6 Å². The molecule has 0 aliphatic heterocycles. The number of fused-ring (bicyclic) bond motifs is 1. The van der Waals surface area contributed by atoms with Gasteiger partial charge in [-0.25, -0.2) is 13.8 Å². The van der Waals surface area contributed by atoms with Crippen LogP contribution in [0.5, 0.6) is 0 Å². The lowest BCUT2D eigenvalue weighted by molar-refractivity contribution is -0.118. The number of amides is 1. The van der Waals surface area contributed by atoms with E-state index in [1.165, 1.54) is 6.07 Å². The third-order valence-corrected chi connectivity index (χ3v) is 6.54. The Kier molecular flexibility index (Phi) is 10.6. The molecule has 0 fully saturated rings. The van der Waals surface area contributed by atoms with Gasteiger partial charge in [0.05, 0.1) is 17.9 Å². The molecular formula is C27H42BrF2N5O. The Bertz CT molecular complexity index is 1020. The van der Waals surface area contributed by atoms with E-state index >= 15 is 0 Å². The molecule has 1 heterocycles. The monoisotopic (exact) mass is 569 g/mol. The Balaban J connectivity index is 0.00000456. The molecule has 9 heteroatoms. The number of hydrogen-bond donors (Lipinski definition) is 3. The number of nitrogens with zero attached hydrogens (tertiary/aromatic N) is 2. The molecule has 0 saturated heterocycles. The Labute approximate surface area is 224 Å². The summed E-state index contributed by atoms with van der Waals surface area (Å²) < 4.78 is 29.9. The standard InChI is InChI=1S/C27H41F2N5O.BrH/c1-7-8-23(32-20-10-9-18-11-19(28)12-22(29)21(18)13-20)25(35)33-24-14-34(17-31-24)27(5,6)16-30-15-26(2,3)4;/h11-12,14,17,20,23,30,32H,7-10,13,15-16H2,1-6H3,(H,33,35);1H/t20-,23-;/m0./s1. The van der Waals surface area contributed by atoms with Gasteiger partial charge in [0.15, 0.2) is 5.82 Å². The van der Waals surface area contributed by atoms with Gasteiger partial charge in [-0.15, -0.1) is 17.0 Å². The summed E-state index contributed by atoms with van der Waals surface area (Å²) in [7, 11) is 0. The smallest absolute Gasteiger partial charge is 0.242 e. The van der Waals surface area contributed by atoms with Gasteiger partial charge in [0.1, 0.15) is 11.6 Å². The van der Waals surface area contributed by atoms with Crippen LogP contribution >= 0.6 is 17.0 Å². The number of benzene rings is 1. The topological polar surface area (TPSA) is 71.0 Å². The van der Waals surface area contributed by atoms with Gasteiger partial charge in [0.2, 0.25) is 5.91 Å². The van der Waals surface area contributed by atoms with Crippen molar-refractivity contribution in [1.82, 2.24) is 20.2 Å². The van der Waals surface area contributed by atoms with E-state index in [0.29, 0.717) is 30.6 Å². The van der Waals surface area contributed by atoms with E-state index in [1.54, 1.807) is 6.33 Å². The fourth-order valence-corrected chi connectivity index (χ4v) is 4.56. The highest BCUT2D eigenvalue weighted by molar-refractivity contribution is 8.93. The van der Waals surface area contributed by atoms with Crippen LogP contribution in [0.15, 0.2) is 24.7 Å². The zero-order valence-electron chi connectivity index (χ0n) is 22.4. The first-order valence-electron chi connectivity index (χ1n) is 12.7. The average Bonchev–Trinajstić information content (AvgIpc) is 3.22. The molecule has 0 spiro atoms. The lowest BCUT2D eigenvalue weighted by atomic mass is 9.87. The van der Waals surface area contributed by atoms with Crippen molar-refractivity contribution in [1.29, 1.82) is 0 Å². The first kappa shape index (κ1) is 30.4. The molecule has 1 aliphatic carbocycles. The molecule has 0 saturated carbocycles. The van der Waals surface area contributed by atoms with Gasteiger partial charge < -0.3 is 20.5 Å².